The summed E-state index contributed by atoms with van der Waals surface area (Å²) in [5, 5.41) is 10.8. The predicted molar refractivity (Wildman–Crippen MR) is 58.6 cm³/mol. The number of carbonyl (C=O) groups excluding carboxylic acids is 1. The molecule has 16 heavy (non-hydrogen) atoms. The van der Waals surface area contributed by atoms with Gasteiger partial charge < -0.3 is 4.74 Å². The average Bonchev–Trinajstić information content (AvgIpc) is 2.15. The van der Waals surface area contributed by atoms with E-state index in [1.165, 1.54) is 13.2 Å². The highest BCUT2D eigenvalue weighted by atomic mass is 35.5. The van der Waals surface area contributed by atoms with Gasteiger partial charge in [-0.15, -0.1) is 0 Å². The molecule has 5 nitrogen and oxygen atoms in total. The molecule has 1 rings (SSSR count). The smallest absolute Gasteiger partial charge is 0.310 e. The van der Waals surface area contributed by atoms with Crippen molar-refractivity contribution in [3.8, 4) is 0 Å². The zero-order valence-corrected chi connectivity index (χ0v) is 9.58. The Morgan fingerprint density at radius 1 is 1.56 bits per heavy atom. The number of esters is 1. The van der Waals surface area contributed by atoms with Crippen LogP contribution >= 0.6 is 11.6 Å². The van der Waals surface area contributed by atoms with E-state index in [0.717, 1.165) is 5.56 Å². The molecule has 6 heteroatoms. The number of aryl methyl sites for hydroxylation is 1. The fourth-order valence-electron chi connectivity index (χ4n) is 1.37. The van der Waals surface area contributed by atoms with E-state index in [9.17, 15) is 14.9 Å². The summed E-state index contributed by atoms with van der Waals surface area (Å²) in [6, 6.07) is 3.04. The summed E-state index contributed by atoms with van der Waals surface area (Å²) < 4.78 is 4.46. The lowest BCUT2D eigenvalue weighted by atomic mass is 10.1. The molecule has 0 aliphatic rings. The number of nitro benzene ring substituents is 1. The Morgan fingerprint density at radius 2 is 2.19 bits per heavy atom. The molecule has 0 radical (unpaired) electrons. The highest BCUT2D eigenvalue weighted by Gasteiger charge is 2.21. The van der Waals surface area contributed by atoms with E-state index in [0.29, 0.717) is 0 Å². The SMILES string of the molecule is COC(=O)Cc1cc(C)cc(Cl)c1[N+](=O)[O-]. The molecule has 1 aromatic carbocycles. The van der Waals surface area contributed by atoms with Crippen molar-refractivity contribution in [2.45, 2.75) is 13.3 Å². The van der Waals surface area contributed by atoms with Gasteiger partial charge in [0.25, 0.3) is 5.69 Å². The van der Waals surface area contributed by atoms with Crippen LogP contribution in [0.15, 0.2) is 12.1 Å². The van der Waals surface area contributed by atoms with Gasteiger partial charge in [0.2, 0.25) is 0 Å². The van der Waals surface area contributed by atoms with Crippen LogP contribution in [0.4, 0.5) is 5.69 Å². The van der Waals surface area contributed by atoms with Crippen LogP contribution in [0.5, 0.6) is 0 Å². The van der Waals surface area contributed by atoms with E-state index in [1.807, 2.05) is 0 Å². The molecular weight excluding hydrogens is 234 g/mol. The molecule has 0 fully saturated rings. The minimum Gasteiger partial charge on any atom is -0.469 e. The van der Waals surface area contributed by atoms with Crippen LogP contribution in [0.3, 0.4) is 0 Å². The number of methoxy groups -OCH3 is 1. The molecule has 0 N–H and O–H groups in total. The number of rotatable bonds is 3. The van der Waals surface area contributed by atoms with E-state index in [2.05, 4.69) is 4.74 Å². The molecule has 0 aliphatic carbocycles. The summed E-state index contributed by atoms with van der Waals surface area (Å²) in [7, 11) is 1.23. The monoisotopic (exact) mass is 243 g/mol. The number of nitro groups is 1. The molecule has 86 valence electrons. The molecule has 0 saturated heterocycles. The molecule has 0 atom stereocenters. The van der Waals surface area contributed by atoms with Gasteiger partial charge in [0, 0.05) is 5.56 Å². The molecule has 0 aromatic heterocycles. The quantitative estimate of drug-likeness (QED) is 0.464. The van der Waals surface area contributed by atoms with Gasteiger partial charge in [0.1, 0.15) is 5.02 Å². The molecule has 0 amide bonds. The maximum atomic E-state index is 11.1. The molecular formula is C10H10ClNO4. The Balaban J connectivity index is 3.24. The molecule has 0 bridgehead atoms. The molecule has 0 unspecified atom stereocenters. The largest absolute Gasteiger partial charge is 0.469 e. The highest BCUT2D eigenvalue weighted by molar-refractivity contribution is 6.32. The fraction of sp³-hybridized carbons (Fsp3) is 0.300. The zero-order chi connectivity index (χ0) is 12.3. The summed E-state index contributed by atoms with van der Waals surface area (Å²) in [5.41, 5.74) is 0.786. The standard InChI is InChI=1S/C10H10ClNO4/c1-6-3-7(5-9(13)16-2)10(12(14)15)8(11)4-6/h3-4H,5H2,1-2H3. The molecule has 0 saturated carbocycles. The number of halogens is 1. The first-order valence-electron chi connectivity index (χ1n) is 4.46. The Labute approximate surface area is 97.1 Å². The maximum absolute atomic E-state index is 11.1. The van der Waals surface area contributed by atoms with Crippen molar-refractivity contribution in [3.05, 3.63) is 38.4 Å². The van der Waals surface area contributed by atoms with E-state index < -0.39 is 10.9 Å². The van der Waals surface area contributed by atoms with Crippen molar-refractivity contribution in [2.75, 3.05) is 7.11 Å². The van der Waals surface area contributed by atoms with Crippen LogP contribution in [0.1, 0.15) is 11.1 Å². The second-order valence-corrected chi connectivity index (χ2v) is 3.67. The highest BCUT2D eigenvalue weighted by Crippen LogP contribution is 2.30. The minimum atomic E-state index is -0.597. The number of benzene rings is 1. The number of hydrogen-bond acceptors (Lipinski definition) is 4. The first kappa shape index (κ1) is 12.4. The van der Waals surface area contributed by atoms with Crippen molar-refractivity contribution in [1.82, 2.24) is 0 Å². The first-order chi connectivity index (χ1) is 7.45. The Kier molecular flexibility index (Phi) is 3.84. The minimum absolute atomic E-state index is 0.0314. The zero-order valence-electron chi connectivity index (χ0n) is 8.82. The van der Waals surface area contributed by atoms with E-state index in [-0.39, 0.29) is 22.7 Å². The lowest BCUT2D eigenvalue weighted by Crippen LogP contribution is -2.07. The molecule has 1 aromatic rings. The third kappa shape index (κ3) is 2.70. The van der Waals surface area contributed by atoms with Crippen LogP contribution in [0.25, 0.3) is 0 Å². The maximum Gasteiger partial charge on any atom is 0.310 e. The van der Waals surface area contributed by atoms with Crippen molar-refractivity contribution in [2.24, 2.45) is 0 Å². The summed E-state index contributed by atoms with van der Waals surface area (Å²) >= 11 is 5.76. The molecule has 0 heterocycles. The van der Waals surface area contributed by atoms with E-state index in [4.69, 9.17) is 11.6 Å². The van der Waals surface area contributed by atoms with Crippen LogP contribution in [0.2, 0.25) is 5.02 Å². The normalized spacial score (nSPS) is 9.94. The van der Waals surface area contributed by atoms with Gasteiger partial charge in [-0.05, 0) is 24.6 Å². The molecule has 0 spiro atoms. The van der Waals surface area contributed by atoms with Gasteiger partial charge >= 0.3 is 5.97 Å². The van der Waals surface area contributed by atoms with Crippen LogP contribution in [-0.4, -0.2) is 18.0 Å². The third-order valence-corrected chi connectivity index (χ3v) is 2.32. The van der Waals surface area contributed by atoms with Gasteiger partial charge in [-0.25, -0.2) is 0 Å². The van der Waals surface area contributed by atoms with Crippen LogP contribution < -0.4 is 0 Å². The third-order valence-electron chi connectivity index (χ3n) is 2.03. The summed E-state index contributed by atoms with van der Waals surface area (Å²) in [5.74, 6) is -0.537. The molecule has 0 aliphatic heterocycles. The van der Waals surface area contributed by atoms with Crippen molar-refractivity contribution in [3.63, 3.8) is 0 Å². The summed E-state index contributed by atoms with van der Waals surface area (Å²) in [4.78, 5) is 21.3. The average molecular weight is 244 g/mol. The van der Waals surface area contributed by atoms with Crippen molar-refractivity contribution < 1.29 is 14.5 Å². The van der Waals surface area contributed by atoms with E-state index in [1.54, 1.807) is 13.0 Å². The lowest BCUT2D eigenvalue weighted by molar-refractivity contribution is -0.385. The number of carbonyl (C=O) groups is 1. The topological polar surface area (TPSA) is 69.4 Å². The number of nitrogens with zero attached hydrogens (tertiary/aromatic N) is 1. The van der Waals surface area contributed by atoms with Crippen molar-refractivity contribution in [1.29, 1.82) is 0 Å². The van der Waals surface area contributed by atoms with E-state index >= 15 is 0 Å². The Morgan fingerprint density at radius 3 is 2.69 bits per heavy atom. The Hall–Kier alpha value is -1.62. The summed E-state index contributed by atoms with van der Waals surface area (Å²) in [6.07, 6.45) is -0.159. The van der Waals surface area contributed by atoms with Crippen molar-refractivity contribution >= 4 is 23.3 Å². The Bertz CT molecular complexity index is 445. The van der Waals surface area contributed by atoms with Crippen LogP contribution in [-0.2, 0) is 16.0 Å². The van der Waals surface area contributed by atoms with Gasteiger partial charge in [-0.1, -0.05) is 11.6 Å². The predicted octanol–water partition coefficient (Wildman–Crippen LogP) is 2.27. The number of hydrogen-bond donors (Lipinski definition) is 0. The number of ether oxygens (including phenoxy) is 1. The van der Waals surface area contributed by atoms with Gasteiger partial charge in [0.15, 0.2) is 0 Å². The second kappa shape index (κ2) is 4.94. The second-order valence-electron chi connectivity index (χ2n) is 3.26. The first-order valence-corrected chi connectivity index (χ1v) is 4.83. The van der Waals surface area contributed by atoms with Gasteiger partial charge in [0.05, 0.1) is 18.5 Å². The fourth-order valence-corrected chi connectivity index (χ4v) is 1.74. The lowest BCUT2D eigenvalue weighted by Gasteiger charge is -2.05. The van der Waals surface area contributed by atoms with Crippen LogP contribution in [0, 0.1) is 17.0 Å². The summed E-state index contributed by atoms with van der Waals surface area (Å²) in [6.45, 7) is 1.75. The van der Waals surface area contributed by atoms with Gasteiger partial charge in [-0.3, -0.25) is 14.9 Å². The van der Waals surface area contributed by atoms with Gasteiger partial charge in [-0.2, -0.15) is 0 Å².